The summed E-state index contributed by atoms with van der Waals surface area (Å²) in [5, 5.41) is 18.3. The van der Waals surface area contributed by atoms with E-state index in [2.05, 4.69) is 26.5 Å². The van der Waals surface area contributed by atoms with Gasteiger partial charge >= 0.3 is 0 Å². The van der Waals surface area contributed by atoms with Crippen molar-refractivity contribution in [3.8, 4) is 0 Å². The lowest BCUT2D eigenvalue weighted by Crippen LogP contribution is -2.20. The largest absolute Gasteiger partial charge is 0.385 e. The molecule has 0 saturated carbocycles. The van der Waals surface area contributed by atoms with Crippen LogP contribution in [0.3, 0.4) is 0 Å². The van der Waals surface area contributed by atoms with E-state index in [4.69, 9.17) is 0 Å². The molecule has 2 aliphatic heterocycles. The van der Waals surface area contributed by atoms with Gasteiger partial charge in [-0.2, -0.15) is 11.8 Å². The van der Waals surface area contributed by atoms with Crippen LogP contribution in [0.15, 0.2) is 0 Å². The minimum Gasteiger partial charge on any atom is -0.385 e. The number of aromatic nitrogens is 3. The SMILES string of the molecule is OC1CCCn2c(CC3CCSCC3)nnc21. The first-order valence-electron chi connectivity index (χ1n) is 6.52. The van der Waals surface area contributed by atoms with E-state index in [0.29, 0.717) is 0 Å². The van der Waals surface area contributed by atoms with Gasteiger partial charge in [0.1, 0.15) is 11.9 Å². The number of hydrogen-bond donors (Lipinski definition) is 1. The average Bonchev–Trinajstić information content (AvgIpc) is 2.76. The summed E-state index contributed by atoms with van der Waals surface area (Å²) >= 11 is 2.06. The highest BCUT2D eigenvalue weighted by atomic mass is 32.2. The fraction of sp³-hybridized carbons (Fsp3) is 0.833. The zero-order valence-electron chi connectivity index (χ0n) is 10.0. The summed E-state index contributed by atoms with van der Waals surface area (Å²) in [7, 11) is 0. The van der Waals surface area contributed by atoms with Crippen LogP contribution in [-0.4, -0.2) is 31.4 Å². The summed E-state index contributed by atoms with van der Waals surface area (Å²) in [6, 6.07) is 0. The van der Waals surface area contributed by atoms with Crippen molar-refractivity contribution < 1.29 is 5.11 Å². The third kappa shape index (κ3) is 2.36. The van der Waals surface area contributed by atoms with Gasteiger partial charge in [0.2, 0.25) is 0 Å². The second-order valence-corrected chi connectivity index (χ2v) is 6.27. The van der Waals surface area contributed by atoms with Crippen molar-refractivity contribution in [3.05, 3.63) is 11.6 Å². The molecule has 0 aliphatic carbocycles. The Hall–Kier alpha value is -0.550. The maximum Gasteiger partial charge on any atom is 0.161 e. The van der Waals surface area contributed by atoms with Gasteiger partial charge in [0, 0.05) is 13.0 Å². The molecule has 3 heterocycles. The molecule has 1 aromatic rings. The molecule has 2 aliphatic rings. The number of aliphatic hydroxyl groups excluding tert-OH is 1. The van der Waals surface area contributed by atoms with E-state index in [1.165, 1.54) is 24.3 Å². The van der Waals surface area contributed by atoms with Crippen LogP contribution in [0.25, 0.3) is 0 Å². The molecule has 17 heavy (non-hydrogen) atoms. The van der Waals surface area contributed by atoms with Crippen molar-refractivity contribution in [1.29, 1.82) is 0 Å². The van der Waals surface area contributed by atoms with E-state index in [1.54, 1.807) is 0 Å². The summed E-state index contributed by atoms with van der Waals surface area (Å²) in [6.45, 7) is 0.982. The van der Waals surface area contributed by atoms with Crippen molar-refractivity contribution in [1.82, 2.24) is 14.8 Å². The average molecular weight is 253 g/mol. The Morgan fingerprint density at radius 2 is 2.06 bits per heavy atom. The molecule has 1 N–H and O–H groups in total. The number of thioether (sulfide) groups is 1. The molecule has 1 saturated heterocycles. The number of fused-ring (bicyclic) bond motifs is 1. The van der Waals surface area contributed by atoms with E-state index in [1.807, 2.05) is 0 Å². The van der Waals surface area contributed by atoms with Crippen molar-refractivity contribution in [2.24, 2.45) is 5.92 Å². The molecule has 5 heteroatoms. The topological polar surface area (TPSA) is 50.9 Å². The van der Waals surface area contributed by atoms with E-state index in [-0.39, 0.29) is 0 Å². The molecular weight excluding hydrogens is 234 g/mol. The summed E-state index contributed by atoms with van der Waals surface area (Å²) in [5.74, 6) is 5.22. The number of nitrogens with zero attached hydrogens (tertiary/aromatic N) is 3. The molecule has 0 spiro atoms. The highest BCUT2D eigenvalue weighted by Crippen LogP contribution is 2.28. The molecule has 0 radical (unpaired) electrons. The van der Waals surface area contributed by atoms with Crippen LogP contribution < -0.4 is 0 Å². The molecule has 1 unspecified atom stereocenters. The van der Waals surface area contributed by atoms with Crippen molar-refractivity contribution in [3.63, 3.8) is 0 Å². The Bertz CT molecular complexity index is 387. The minimum absolute atomic E-state index is 0.396. The lowest BCUT2D eigenvalue weighted by atomic mass is 9.98. The minimum atomic E-state index is -0.396. The standard InChI is InChI=1S/C12H19N3OS/c16-10-2-1-5-15-11(13-14-12(10)15)8-9-3-6-17-7-4-9/h9-10,16H,1-8H2. The van der Waals surface area contributed by atoms with Crippen molar-refractivity contribution >= 4 is 11.8 Å². The molecule has 3 rings (SSSR count). The zero-order valence-corrected chi connectivity index (χ0v) is 10.8. The van der Waals surface area contributed by atoms with Crippen LogP contribution >= 0.6 is 11.8 Å². The highest BCUT2D eigenvalue weighted by Gasteiger charge is 2.25. The second-order valence-electron chi connectivity index (χ2n) is 5.04. The predicted molar refractivity (Wildman–Crippen MR) is 68.0 cm³/mol. The van der Waals surface area contributed by atoms with Gasteiger partial charge < -0.3 is 9.67 Å². The molecule has 0 aromatic carbocycles. The molecule has 1 atom stereocenters. The van der Waals surface area contributed by atoms with Crippen LogP contribution in [0, 0.1) is 5.92 Å². The van der Waals surface area contributed by atoms with Crippen molar-refractivity contribution in [2.45, 2.75) is 44.8 Å². The van der Waals surface area contributed by atoms with Crippen molar-refractivity contribution in [2.75, 3.05) is 11.5 Å². The molecule has 0 amide bonds. The fourth-order valence-corrected chi connectivity index (χ4v) is 3.97. The molecule has 94 valence electrons. The first-order valence-corrected chi connectivity index (χ1v) is 7.68. The van der Waals surface area contributed by atoms with Crippen LogP contribution in [0.4, 0.5) is 0 Å². The third-order valence-corrected chi connectivity index (χ3v) is 4.87. The zero-order chi connectivity index (χ0) is 11.7. The van der Waals surface area contributed by atoms with Crippen LogP contribution in [-0.2, 0) is 13.0 Å². The van der Waals surface area contributed by atoms with Crippen LogP contribution in [0.2, 0.25) is 0 Å². The van der Waals surface area contributed by atoms with E-state index in [0.717, 1.165) is 43.4 Å². The molecule has 4 nitrogen and oxygen atoms in total. The van der Waals surface area contributed by atoms with Gasteiger partial charge in [-0.05, 0) is 43.1 Å². The summed E-state index contributed by atoms with van der Waals surface area (Å²) in [6.07, 6.45) is 5.12. The molecule has 1 fully saturated rings. The van der Waals surface area contributed by atoms with Crippen LogP contribution in [0.1, 0.15) is 43.4 Å². The lowest BCUT2D eigenvalue weighted by Gasteiger charge is -2.23. The van der Waals surface area contributed by atoms with E-state index >= 15 is 0 Å². The Kier molecular flexibility index (Phi) is 3.38. The first-order chi connectivity index (χ1) is 8.34. The Balaban J connectivity index is 1.74. The summed E-state index contributed by atoms with van der Waals surface area (Å²) in [5.41, 5.74) is 0. The Morgan fingerprint density at radius 1 is 1.24 bits per heavy atom. The van der Waals surface area contributed by atoms with Gasteiger partial charge in [0.15, 0.2) is 5.82 Å². The van der Waals surface area contributed by atoms with E-state index < -0.39 is 6.10 Å². The highest BCUT2D eigenvalue weighted by molar-refractivity contribution is 7.99. The fourth-order valence-electron chi connectivity index (χ4n) is 2.77. The predicted octanol–water partition coefficient (Wildman–Crippen LogP) is 1.79. The molecule has 1 aromatic heterocycles. The lowest BCUT2D eigenvalue weighted by molar-refractivity contribution is 0.132. The third-order valence-electron chi connectivity index (χ3n) is 3.83. The van der Waals surface area contributed by atoms with Gasteiger partial charge in [-0.1, -0.05) is 0 Å². The van der Waals surface area contributed by atoms with Gasteiger partial charge in [-0.15, -0.1) is 10.2 Å². The quantitative estimate of drug-likeness (QED) is 0.873. The number of aliphatic hydroxyl groups is 1. The van der Waals surface area contributed by atoms with E-state index in [9.17, 15) is 5.11 Å². The maximum atomic E-state index is 9.85. The second kappa shape index (κ2) is 4.98. The molecular formula is C12H19N3OS. The summed E-state index contributed by atoms with van der Waals surface area (Å²) in [4.78, 5) is 0. The normalized spacial score (nSPS) is 25.8. The first kappa shape index (κ1) is 11.5. The van der Waals surface area contributed by atoms with Gasteiger partial charge in [0.05, 0.1) is 0 Å². The summed E-state index contributed by atoms with van der Waals surface area (Å²) < 4.78 is 2.15. The smallest absolute Gasteiger partial charge is 0.161 e. The van der Waals surface area contributed by atoms with Gasteiger partial charge in [0.25, 0.3) is 0 Å². The molecule has 0 bridgehead atoms. The van der Waals surface area contributed by atoms with Gasteiger partial charge in [-0.3, -0.25) is 0 Å². The number of hydrogen-bond acceptors (Lipinski definition) is 4. The number of rotatable bonds is 2. The van der Waals surface area contributed by atoms with Crippen LogP contribution in [0.5, 0.6) is 0 Å². The van der Waals surface area contributed by atoms with Gasteiger partial charge in [-0.25, -0.2) is 0 Å². The monoisotopic (exact) mass is 253 g/mol. The maximum absolute atomic E-state index is 9.85. The Labute approximate surface area is 106 Å². The Morgan fingerprint density at radius 3 is 2.88 bits per heavy atom.